The van der Waals surface area contributed by atoms with E-state index in [9.17, 15) is 15.2 Å². The van der Waals surface area contributed by atoms with Crippen molar-refractivity contribution in [2.24, 2.45) is 0 Å². The van der Waals surface area contributed by atoms with Crippen LogP contribution in [-0.2, 0) is 6.54 Å². The molecule has 0 amide bonds. The fraction of sp³-hybridized carbons (Fsp3) is 0.308. The van der Waals surface area contributed by atoms with E-state index in [-0.39, 0.29) is 19.2 Å². The van der Waals surface area contributed by atoms with E-state index in [1.807, 2.05) is 0 Å². The number of nitrogens with zero attached hydrogens (tertiary/aromatic N) is 3. The number of aromatic nitrogens is 2. The molecule has 0 unspecified atom stereocenters. The van der Waals surface area contributed by atoms with Gasteiger partial charge in [-0.25, -0.2) is 0 Å². The number of aryl methyl sites for hydroxylation is 1. The molecule has 110 valence electrons. The number of hydrogen-bond donors (Lipinski definition) is 1. The molecule has 2 aromatic rings. The molecule has 2 heterocycles. The van der Waals surface area contributed by atoms with Crippen LogP contribution < -0.4 is 9.47 Å². The third kappa shape index (κ3) is 2.52. The Morgan fingerprint density at radius 3 is 2.95 bits per heavy atom. The molecule has 8 nitrogen and oxygen atoms in total. The summed E-state index contributed by atoms with van der Waals surface area (Å²) >= 11 is 0. The molecule has 8 heteroatoms. The van der Waals surface area contributed by atoms with Crippen LogP contribution in [0, 0.1) is 17.0 Å². The maximum atomic E-state index is 10.7. The minimum Gasteiger partial charge on any atom is -0.454 e. The lowest BCUT2D eigenvalue weighted by atomic mass is 10.1. The Morgan fingerprint density at radius 1 is 1.48 bits per heavy atom. The van der Waals surface area contributed by atoms with Crippen LogP contribution in [0.3, 0.4) is 0 Å². The zero-order valence-electron chi connectivity index (χ0n) is 11.2. The second-order valence-electron chi connectivity index (χ2n) is 4.68. The number of rotatable bonds is 4. The Labute approximate surface area is 119 Å². The summed E-state index contributed by atoms with van der Waals surface area (Å²) < 4.78 is 12.0. The highest BCUT2D eigenvalue weighted by molar-refractivity contribution is 5.45. The summed E-state index contributed by atoms with van der Waals surface area (Å²) in [4.78, 5) is 14.0. The monoisotopic (exact) mass is 291 g/mol. The van der Waals surface area contributed by atoms with Gasteiger partial charge in [0.1, 0.15) is 6.20 Å². The number of fused-ring (bicyclic) bond motifs is 1. The van der Waals surface area contributed by atoms with Crippen molar-refractivity contribution in [3.63, 3.8) is 0 Å². The van der Waals surface area contributed by atoms with Crippen LogP contribution in [-0.4, -0.2) is 26.4 Å². The SMILES string of the molecule is Cc1nc([N+](=O)[O-])cn1C[C@H](O)c1ccc2c(c1)OCO2. The third-order valence-corrected chi connectivity index (χ3v) is 3.30. The number of ether oxygens (including phenoxy) is 2. The molecule has 0 aliphatic carbocycles. The maximum absolute atomic E-state index is 10.7. The Bertz CT molecular complexity index is 697. The first-order valence-corrected chi connectivity index (χ1v) is 6.30. The van der Waals surface area contributed by atoms with Crippen LogP contribution in [0.2, 0.25) is 0 Å². The molecule has 1 aromatic carbocycles. The van der Waals surface area contributed by atoms with Gasteiger partial charge in [-0.15, -0.1) is 0 Å². The summed E-state index contributed by atoms with van der Waals surface area (Å²) in [6.07, 6.45) is 0.484. The highest BCUT2D eigenvalue weighted by Crippen LogP contribution is 2.34. The number of aliphatic hydroxyl groups excluding tert-OH is 1. The zero-order chi connectivity index (χ0) is 15.0. The molecule has 1 atom stereocenters. The van der Waals surface area contributed by atoms with Crippen molar-refractivity contribution in [2.75, 3.05) is 6.79 Å². The van der Waals surface area contributed by atoms with Gasteiger partial charge in [0, 0.05) is 6.92 Å². The fourth-order valence-electron chi connectivity index (χ4n) is 2.18. The average molecular weight is 291 g/mol. The van der Waals surface area contributed by atoms with Gasteiger partial charge >= 0.3 is 5.82 Å². The number of imidazole rings is 1. The molecule has 0 radical (unpaired) electrons. The third-order valence-electron chi connectivity index (χ3n) is 3.30. The molecule has 0 saturated heterocycles. The van der Waals surface area contributed by atoms with E-state index in [4.69, 9.17) is 9.47 Å². The summed E-state index contributed by atoms with van der Waals surface area (Å²) in [5.41, 5.74) is 0.648. The van der Waals surface area contributed by atoms with E-state index >= 15 is 0 Å². The van der Waals surface area contributed by atoms with Crippen molar-refractivity contribution < 1.29 is 19.5 Å². The van der Waals surface area contributed by atoms with Crippen LogP contribution in [0.4, 0.5) is 5.82 Å². The van der Waals surface area contributed by atoms with Gasteiger partial charge in [-0.3, -0.25) is 0 Å². The molecule has 1 aliphatic rings. The van der Waals surface area contributed by atoms with Crippen LogP contribution in [0.25, 0.3) is 0 Å². The molecule has 1 aromatic heterocycles. The molecule has 1 aliphatic heterocycles. The molecule has 3 rings (SSSR count). The maximum Gasteiger partial charge on any atom is 0.381 e. The van der Waals surface area contributed by atoms with Crippen LogP contribution in [0.5, 0.6) is 11.5 Å². The van der Waals surface area contributed by atoms with Gasteiger partial charge in [-0.2, -0.15) is 0 Å². The Hall–Kier alpha value is -2.61. The van der Waals surface area contributed by atoms with Gasteiger partial charge in [-0.05, 0) is 27.6 Å². The van der Waals surface area contributed by atoms with Crippen molar-refractivity contribution in [2.45, 2.75) is 19.6 Å². The number of nitro groups is 1. The zero-order valence-corrected chi connectivity index (χ0v) is 11.2. The van der Waals surface area contributed by atoms with Crippen LogP contribution >= 0.6 is 0 Å². The molecule has 0 spiro atoms. The van der Waals surface area contributed by atoms with Crippen molar-refractivity contribution in [1.29, 1.82) is 0 Å². The molecular weight excluding hydrogens is 278 g/mol. The Balaban J connectivity index is 1.80. The lowest BCUT2D eigenvalue weighted by Gasteiger charge is -2.12. The summed E-state index contributed by atoms with van der Waals surface area (Å²) in [5.74, 6) is 1.46. The van der Waals surface area contributed by atoms with Gasteiger partial charge < -0.3 is 29.3 Å². The van der Waals surface area contributed by atoms with Gasteiger partial charge in [0.2, 0.25) is 12.6 Å². The summed E-state index contributed by atoms with van der Waals surface area (Å²) in [6.45, 7) is 1.99. The smallest absolute Gasteiger partial charge is 0.381 e. The van der Waals surface area contributed by atoms with E-state index in [0.29, 0.717) is 22.9 Å². The number of benzene rings is 1. The lowest BCUT2D eigenvalue weighted by Crippen LogP contribution is -2.09. The molecule has 0 fully saturated rings. The second kappa shape index (κ2) is 5.06. The van der Waals surface area contributed by atoms with Crippen LogP contribution in [0.1, 0.15) is 17.5 Å². The second-order valence-corrected chi connectivity index (χ2v) is 4.68. The van der Waals surface area contributed by atoms with Gasteiger partial charge in [0.05, 0.1) is 12.6 Å². The normalized spacial score (nSPS) is 14.2. The summed E-state index contributed by atoms with van der Waals surface area (Å²) in [7, 11) is 0. The topological polar surface area (TPSA) is 99.7 Å². The minimum atomic E-state index is -0.827. The van der Waals surface area contributed by atoms with E-state index < -0.39 is 11.0 Å². The average Bonchev–Trinajstić information content (AvgIpc) is 3.05. The largest absolute Gasteiger partial charge is 0.454 e. The summed E-state index contributed by atoms with van der Waals surface area (Å²) in [6, 6.07) is 5.16. The van der Waals surface area contributed by atoms with Gasteiger partial charge in [-0.1, -0.05) is 6.07 Å². The minimum absolute atomic E-state index is 0.168. The van der Waals surface area contributed by atoms with Crippen molar-refractivity contribution >= 4 is 5.82 Å². The molecule has 0 saturated carbocycles. The first-order valence-electron chi connectivity index (χ1n) is 6.30. The van der Waals surface area contributed by atoms with Crippen molar-refractivity contribution in [1.82, 2.24) is 9.55 Å². The first kappa shape index (κ1) is 13.4. The Morgan fingerprint density at radius 2 is 2.24 bits per heavy atom. The lowest BCUT2D eigenvalue weighted by molar-refractivity contribution is -0.389. The van der Waals surface area contributed by atoms with Gasteiger partial charge in [0.25, 0.3) is 0 Å². The molecule has 0 bridgehead atoms. The fourth-order valence-corrected chi connectivity index (χ4v) is 2.18. The van der Waals surface area contributed by atoms with E-state index in [0.717, 1.165) is 0 Å². The molecule has 21 heavy (non-hydrogen) atoms. The number of aliphatic hydroxyl groups is 1. The van der Waals surface area contributed by atoms with Crippen molar-refractivity contribution in [3.05, 3.63) is 45.9 Å². The highest BCUT2D eigenvalue weighted by atomic mass is 16.7. The predicted octanol–water partition coefficient (Wildman–Crippen LogP) is 1.56. The number of hydrogen-bond acceptors (Lipinski definition) is 6. The Kier molecular flexibility index (Phi) is 3.22. The predicted molar refractivity (Wildman–Crippen MR) is 71.1 cm³/mol. The standard InChI is InChI=1S/C13H13N3O5/c1-8-14-13(16(18)19)6-15(8)5-10(17)9-2-3-11-12(4-9)21-7-20-11/h2-4,6,10,17H,5,7H2,1H3/t10-/m0/s1. The molecule has 1 N–H and O–H groups in total. The van der Waals surface area contributed by atoms with E-state index in [2.05, 4.69) is 4.98 Å². The van der Waals surface area contributed by atoms with E-state index in [1.165, 1.54) is 6.20 Å². The molecular formula is C13H13N3O5. The summed E-state index contributed by atoms with van der Waals surface area (Å²) in [5, 5.41) is 20.9. The first-order chi connectivity index (χ1) is 10.0. The van der Waals surface area contributed by atoms with Crippen molar-refractivity contribution in [3.8, 4) is 11.5 Å². The highest BCUT2D eigenvalue weighted by Gasteiger charge is 2.20. The van der Waals surface area contributed by atoms with E-state index in [1.54, 1.807) is 29.7 Å². The van der Waals surface area contributed by atoms with Gasteiger partial charge in [0.15, 0.2) is 11.5 Å². The quantitative estimate of drug-likeness (QED) is 0.678. The van der Waals surface area contributed by atoms with Crippen LogP contribution in [0.15, 0.2) is 24.4 Å².